The van der Waals surface area contributed by atoms with E-state index in [9.17, 15) is 0 Å². The first-order valence-electron chi connectivity index (χ1n) is 8.11. The number of rotatable bonds is 7. The Balaban J connectivity index is 0.00000208. The van der Waals surface area contributed by atoms with Crippen molar-refractivity contribution in [3.05, 3.63) is 30.2 Å². The van der Waals surface area contributed by atoms with E-state index in [-0.39, 0.29) is 24.0 Å². The number of guanidine groups is 1. The lowest BCUT2D eigenvalue weighted by molar-refractivity contribution is 0.421. The Labute approximate surface area is 158 Å². The molecule has 24 heavy (non-hydrogen) atoms. The van der Waals surface area contributed by atoms with E-state index >= 15 is 0 Å². The molecule has 8 heteroatoms. The second-order valence-corrected chi connectivity index (χ2v) is 5.57. The maximum atomic E-state index is 5.25. The lowest BCUT2D eigenvalue weighted by atomic mass is 10.3. The van der Waals surface area contributed by atoms with Gasteiger partial charge in [-0.15, -0.1) is 24.0 Å². The predicted octanol–water partition coefficient (Wildman–Crippen LogP) is 2.26. The second-order valence-electron chi connectivity index (χ2n) is 5.57. The standard InChI is InChI=1S/C16H22N6O.HI/c1-2-17-16(20-11-12-6-7-12)19-10-8-14-21-15(23-22-14)13-5-3-4-9-18-13;/h3-5,9,12H,2,6-8,10-11H2,1H3,(H2,17,19,20);1H. The van der Waals surface area contributed by atoms with Crippen LogP contribution in [0.2, 0.25) is 0 Å². The summed E-state index contributed by atoms with van der Waals surface area (Å²) >= 11 is 0. The summed E-state index contributed by atoms with van der Waals surface area (Å²) in [6.07, 6.45) is 4.99. The molecular formula is C16H23IN6O. The summed E-state index contributed by atoms with van der Waals surface area (Å²) in [5.74, 6) is 2.75. The molecule has 0 bridgehead atoms. The van der Waals surface area contributed by atoms with Crippen LogP contribution >= 0.6 is 24.0 Å². The van der Waals surface area contributed by atoms with Crippen molar-refractivity contribution in [1.82, 2.24) is 25.8 Å². The average molecular weight is 442 g/mol. The van der Waals surface area contributed by atoms with Gasteiger partial charge >= 0.3 is 0 Å². The van der Waals surface area contributed by atoms with Gasteiger partial charge in [0.1, 0.15) is 5.69 Å². The molecule has 0 aromatic carbocycles. The molecule has 3 rings (SSSR count). The minimum absolute atomic E-state index is 0. The molecule has 0 amide bonds. The van der Waals surface area contributed by atoms with Gasteiger partial charge in [-0.1, -0.05) is 11.2 Å². The highest BCUT2D eigenvalue weighted by Crippen LogP contribution is 2.28. The molecule has 0 saturated heterocycles. The zero-order valence-corrected chi connectivity index (χ0v) is 16.1. The predicted molar refractivity (Wildman–Crippen MR) is 103 cm³/mol. The molecule has 0 spiro atoms. The molecule has 0 unspecified atom stereocenters. The van der Waals surface area contributed by atoms with Gasteiger partial charge in [0, 0.05) is 32.3 Å². The topological polar surface area (TPSA) is 88.2 Å². The number of nitrogens with one attached hydrogen (secondary N) is 2. The lowest BCUT2D eigenvalue weighted by Gasteiger charge is -2.09. The number of halogens is 1. The molecule has 7 nitrogen and oxygen atoms in total. The second kappa shape index (κ2) is 9.55. The summed E-state index contributed by atoms with van der Waals surface area (Å²) < 4.78 is 5.25. The van der Waals surface area contributed by atoms with Gasteiger partial charge in [0.15, 0.2) is 11.8 Å². The molecule has 130 valence electrons. The van der Waals surface area contributed by atoms with Gasteiger partial charge in [0.25, 0.3) is 5.89 Å². The van der Waals surface area contributed by atoms with Crippen LogP contribution in [0.5, 0.6) is 0 Å². The smallest absolute Gasteiger partial charge is 0.276 e. The van der Waals surface area contributed by atoms with Crippen LogP contribution in [-0.2, 0) is 6.42 Å². The molecular weight excluding hydrogens is 419 g/mol. The Morgan fingerprint density at radius 3 is 2.92 bits per heavy atom. The Hall–Kier alpha value is -1.71. The van der Waals surface area contributed by atoms with Gasteiger partial charge in [-0.2, -0.15) is 4.98 Å². The van der Waals surface area contributed by atoms with Gasteiger partial charge in [0.05, 0.1) is 0 Å². The molecule has 0 radical (unpaired) electrons. The Bertz CT molecular complexity index is 641. The van der Waals surface area contributed by atoms with E-state index in [1.807, 2.05) is 18.2 Å². The maximum Gasteiger partial charge on any atom is 0.276 e. The largest absolute Gasteiger partial charge is 0.357 e. The van der Waals surface area contributed by atoms with Crippen LogP contribution in [0.3, 0.4) is 0 Å². The summed E-state index contributed by atoms with van der Waals surface area (Å²) in [5.41, 5.74) is 0.693. The highest BCUT2D eigenvalue weighted by atomic mass is 127. The summed E-state index contributed by atoms with van der Waals surface area (Å²) in [4.78, 5) is 13.1. The van der Waals surface area contributed by atoms with Crippen LogP contribution in [-0.4, -0.2) is 40.7 Å². The van der Waals surface area contributed by atoms with Gasteiger partial charge in [0.2, 0.25) is 0 Å². The molecule has 2 N–H and O–H groups in total. The monoisotopic (exact) mass is 442 g/mol. The van der Waals surface area contributed by atoms with Crippen LogP contribution in [0, 0.1) is 5.92 Å². The van der Waals surface area contributed by atoms with E-state index in [1.54, 1.807) is 6.20 Å². The van der Waals surface area contributed by atoms with E-state index in [0.29, 0.717) is 30.4 Å². The highest BCUT2D eigenvalue weighted by molar-refractivity contribution is 14.0. The molecule has 2 aromatic rings. The van der Waals surface area contributed by atoms with Crippen molar-refractivity contribution < 1.29 is 4.52 Å². The third-order valence-corrected chi connectivity index (χ3v) is 3.54. The van der Waals surface area contributed by atoms with Crippen LogP contribution in [0.4, 0.5) is 0 Å². The quantitative estimate of drug-likeness (QED) is 0.389. The number of hydrogen-bond acceptors (Lipinski definition) is 5. The molecule has 1 aliphatic carbocycles. The Morgan fingerprint density at radius 1 is 1.33 bits per heavy atom. The van der Waals surface area contributed by atoms with Crippen molar-refractivity contribution in [2.45, 2.75) is 26.2 Å². The Kier molecular flexibility index (Phi) is 7.41. The molecule has 1 fully saturated rings. The molecule has 0 aliphatic heterocycles. The zero-order chi connectivity index (χ0) is 15.9. The van der Waals surface area contributed by atoms with Crippen molar-refractivity contribution in [2.75, 3.05) is 19.6 Å². The number of pyridine rings is 1. The molecule has 2 aromatic heterocycles. The van der Waals surface area contributed by atoms with E-state index in [0.717, 1.165) is 25.0 Å². The summed E-state index contributed by atoms with van der Waals surface area (Å²) in [7, 11) is 0. The molecule has 1 aliphatic rings. The molecule has 0 atom stereocenters. The van der Waals surface area contributed by atoms with Crippen molar-refractivity contribution >= 4 is 29.9 Å². The van der Waals surface area contributed by atoms with Gasteiger partial charge in [-0.05, 0) is 37.8 Å². The third-order valence-electron chi connectivity index (χ3n) is 3.54. The summed E-state index contributed by atoms with van der Waals surface area (Å²) in [5, 5.41) is 10.5. The van der Waals surface area contributed by atoms with Gasteiger partial charge < -0.3 is 15.2 Å². The van der Waals surface area contributed by atoms with Crippen LogP contribution in [0.15, 0.2) is 33.9 Å². The third kappa shape index (κ3) is 5.73. The minimum atomic E-state index is 0. The minimum Gasteiger partial charge on any atom is -0.357 e. The summed E-state index contributed by atoms with van der Waals surface area (Å²) in [6, 6.07) is 5.60. The number of hydrogen-bond donors (Lipinski definition) is 2. The van der Waals surface area contributed by atoms with E-state index in [4.69, 9.17) is 4.52 Å². The molecule has 1 saturated carbocycles. The SMILES string of the molecule is CCNC(=NCC1CC1)NCCc1noc(-c2ccccn2)n1.I. The fraction of sp³-hybridized carbons (Fsp3) is 0.500. The van der Waals surface area contributed by atoms with Crippen LogP contribution in [0.1, 0.15) is 25.6 Å². The fourth-order valence-corrected chi connectivity index (χ4v) is 2.10. The number of nitrogens with zero attached hydrogens (tertiary/aromatic N) is 4. The zero-order valence-electron chi connectivity index (χ0n) is 13.7. The van der Waals surface area contributed by atoms with Crippen LogP contribution in [0.25, 0.3) is 11.6 Å². The Morgan fingerprint density at radius 2 is 2.21 bits per heavy atom. The van der Waals surface area contributed by atoms with Crippen molar-refractivity contribution in [3.63, 3.8) is 0 Å². The van der Waals surface area contributed by atoms with Gasteiger partial charge in [-0.3, -0.25) is 9.98 Å². The number of aromatic nitrogens is 3. The first kappa shape index (κ1) is 18.6. The first-order valence-corrected chi connectivity index (χ1v) is 8.11. The normalized spacial score (nSPS) is 14.1. The highest BCUT2D eigenvalue weighted by Gasteiger charge is 2.20. The van der Waals surface area contributed by atoms with Crippen LogP contribution < -0.4 is 10.6 Å². The molecule has 2 heterocycles. The lowest BCUT2D eigenvalue weighted by Crippen LogP contribution is -2.38. The van der Waals surface area contributed by atoms with Crippen molar-refractivity contribution in [3.8, 4) is 11.6 Å². The summed E-state index contributed by atoms with van der Waals surface area (Å²) in [6.45, 7) is 4.52. The fourth-order valence-electron chi connectivity index (χ4n) is 2.10. The van der Waals surface area contributed by atoms with E-state index in [2.05, 4.69) is 37.7 Å². The van der Waals surface area contributed by atoms with E-state index in [1.165, 1.54) is 12.8 Å². The van der Waals surface area contributed by atoms with E-state index < -0.39 is 0 Å². The number of aliphatic imine (C=N–C) groups is 1. The first-order chi connectivity index (χ1) is 11.3. The van der Waals surface area contributed by atoms with Gasteiger partial charge in [-0.25, -0.2) is 0 Å². The average Bonchev–Trinajstić information content (AvgIpc) is 3.30. The van der Waals surface area contributed by atoms with Crippen molar-refractivity contribution in [2.24, 2.45) is 10.9 Å². The van der Waals surface area contributed by atoms with Crippen molar-refractivity contribution in [1.29, 1.82) is 0 Å². The maximum absolute atomic E-state index is 5.25.